The Bertz CT molecular complexity index is 879. The van der Waals surface area contributed by atoms with Crippen LogP contribution in [0.3, 0.4) is 0 Å². The number of rotatable bonds is 6. The zero-order valence-electron chi connectivity index (χ0n) is 20.0. The highest BCUT2D eigenvalue weighted by Gasteiger charge is 2.40. The Hall–Kier alpha value is -2.61. The molecule has 3 amide bonds. The fourth-order valence-corrected chi connectivity index (χ4v) is 5.22. The summed E-state index contributed by atoms with van der Waals surface area (Å²) in [5, 5.41) is 3.01. The van der Waals surface area contributed by atoms with Crippen molar-refractivity contribution >= 4 is 29.1 Å². The van der Waals surface area contributed by atoms with Crippen molar-refractivity contribution < 1.29 is 14.4 Å². The summed E-state index contributed by atoms with van der Waals surface area (Å²) in [4.78, 5) is 46.5. The second kappa shape index (κ2) is 10.5. The van der Waals surface area contributed by atoms with E-state index in [9.17, 15) is 14.4 Å². The zero-order chi connectivity index (χ0) is 23.4. The van der Waals surface area contributed by atoms with Crippen LogP contribution in [0.2, 0.25) is 0 Å². The van der Waals surface area contributed by atoms with Crippen molar-refractivity contribution in [1.82, 2.24) is 15.1 Å². The fraction of sp³-hybridized carbons (Fsp3) is 0.640. The standard InChI is InChI=1S/C25H37N5O3/c1-27(2)24(32)19-10-11-20-22(17-19)30(25(33)21-9-5-8-15-29(20)21)18-23(31)26-12-16-28-13-6-3-4-7-14-28/h10-11,17,21H,3-9,12-16,18H2,1-2H3,(H,26,31)/t21-/m1/s1. The van der Waals surface area contributed by atoms with Gasteiger partial charge >= 0.3 is 0 Å². The lowest BCUT2D eigenvalue weighted by atomic mass is 9.95. The number of nitrogens with zero attached hydrogens (tertiary/aromatic N) is 4. The topological polar surface area (TPSA) is 76.2 Å². The van der Waals surface area contributed by atoms with E-state index in [0.717, 1.165) is 51.1 Å². The molecular weight excluding hydrogens is 418 g/mol. The molecule has 4 rings (SSSR count). The lowest BCUT2D eigenvalue weighted by Crippen LogP contribution is -2.57. The maximum atomic E-state index is 13.4. The molecule has 8 nitrogen and oxygen atoms in total. The van der Waals surface area contributed by atoms with Crippen LogP contribution in [0, 0.1) is 0 Å². The summed E-state index contributed by atoms with van der Waals surface area (Å²) in [6, 6.07) is 5.29. The van der Waals surface area contributed by atoms with Crippen molar-refractivity contribution in [3.8, 4) is 0 Å². The van der Waals surface area contributed by atoms with Crippen molar-refractivity contribution in [3.63, 3.8) is 0 Å². The Morgan fingerprint density at radius 1 is 1.00 bits per heavy atom. The molecule has 0 saturated carbocycles. The number of hydrogen-bond acceptors (Lipinski definition) is 5. The van der Waals surface area contributed by atoms with Crippen LogP contribution in [0.4, 0.5) is 11.4 Å². The summed E-state index contributed by atoms with van der Waals surface area (Å²) in [5.74, 6) is -0.315. The van der Waals surface area contributed by atoms with Gasteiger partial charge in [-0.05, 0) is 63.4 Å². The smallest absolute Gasteiger partial charge is 0.253 e. The predicted molar refractivity (Wildman–Crippen MR) is 130 cm³/mol. The van der Waals surface area contributed by atoms with Crippen molar-refractivity contribution in [2.45, 2.75) is 51.0 Å². The summed E-state index contributed by atoms with van der Waals surface area (Å²) < 4.78 is 0. The SMILES string of the molecule is CN(C)C(=O)c1ccc2c(c1)N(CC(=O)NCCN1CCCCCC1)C(=O)[C@H]1CCCCN21. The number of benzene rings is 1. The van der Waals surface area contributed by atoms with Gasteiger partial charge in [0.05, 0.1) is 11.4 Å². The number of nitrogens with one attached hydrogen (secondary N) is 1. The van der Waals surface area contributed by atoms with Gasteiger partial charge in [0.2, 0.25) is 11.8 Å². The molecule has 3 heterocycles. The Kier molecular flexibility index (Phi) is 7.53. The average Bonchev–Trinajstić information content (AvgIpc) is 3.10. The number of anilines is 2. The van der Waals surface area contributed by atoms with E-state index >= 15 is 0 Å². The largest absolute Gasteiger partial charge is 0.358 e. The molecule has 1 aromatic carbocycles. The monoisotopic (exact) mass is 455 g/mol. The van der Waals surface area contributed by atoms with Gasteiger partial charge < -0.3 is 20.0 Å². The van der Waals surface area contributed by atoms with Gasteiger partial charge in [-0.25, -0.2) is 0 Å². The highest BCUT2D eigenvalue weighted by molar-refractivity contribution is 6.09. The minimum absolute atomic E-state index is 0.0181. The molecule has 1 atom stereocenters. The predicted octanol–water partition coefficient (Wildman–Crippen LogP) is 2.09. The Morgan fingerprint density at radius 3 is 2.45 bits per heavy atom. The van der Waals surface area contributed by atoms with Gasteiger partial charge in [0.15, 0.2) is 0 Å². The van der Waals surface area contributed by atoms with Crippen molar-refractivity contribution in [2.75, 3.05) is 63.2 Å². The molecule has 2 saturated heterocycles. The maximum absolute atomic E-state index is 13.4. The van der Waals surface area contributed by atoms with Crippen molar-refractivity contribution in [3.05, 3.63) is 23.8 Å². The van der Waals surface area contributed by atoms with Gasteiger partial charge in [0, 0.05) is 39.3 Å². The second-order valence-electron chi connectivity index (χ2n) is 9.64. The first-order chi connectivity index (χ1) is 16.0. The number of piperidine rings is 1. The first-order valence-corrected chi connectivity index (χ1v) is 12.4. The van der Waals surface area contributed by atoms with Gasteiger partial charge in [-0.2, -0.15) is 0 Å². The summed E-state index contributed by atoms with van der Waals surface area (Å²) >= 11 is 0. The zero-order valence-corrected chi connectivity index (χ0v) is 20.0. The molecule has 3 aliphatic rings. The molecule has 0 aliphatic carbocycles. The average molecular weight is 456 g/mol. The molecule has 1 N–H and O–H groups in total. The van der Waals surface area contributed by atoms with Crippen LogP contribution in [0.5, 0.6) is 0 Å². The first kappa shape index (κ1) is 23.5. The summed E-state index contributed by atoms with van der Waals surface area (Å²) in [6.07, 6.45) is 7.86. The molecule has 1 aromatic rings. The molecule has 180 valence electrons. The Morgan fingerprint density at radius 2 is 1.73 bits per heavy atom. The van der Waals surface area contributed by atoms with Gasteiger partial charge in [-0.15, -0.1) is 0 Å². The third kappa shape index (κ3) is 5.32. The molecule has 0 bridgehead atoms. The molecule has 0 unspecified atom stereocenters. The van der Waals surface area contributed by atoms with Crippen LogP contribution in [-0.4, -0.2) is 86.9 Å². The van der Waals surface area contributed by atoms with E-state index in [0.29, 0.717) is 17.8 Å². The molecule has 3 aliphatic heterocycles. The second-order valence-corrected chi connectivity index (χ2v) is 9.64. The van der Waals surface area contributed by atoms with Crippen LogP contribution in [0.15, 0.2) is 18.2 Å². The highest BCUT2D eigenvalue weighted by Crippen LogP contribution is 2.40. The number of amides is 3. The quantitative estimate of drug-likeness (QED) is 0.711. The summed E-state index contributed by atoms with van der Waals surface area (Å²) in [7, 11) is 3.42. The van der Waals surface area contributed by atoms with Gasteiger partial charge in [-0.3, -0.25) is 19.3 Å². The van der Waals surface area contributed by atoms with Crippen LogP contribution in [0.25, 0.3) is 0 Å². The molecule has 2 fully saturated rings. The molecule has 0 radical (unpaired) electrons. The normalized spacial score (nSPS) is 21.2. The van der Waals surface area contributed by atoms with E-state index in [1.54, 1.807) is 25.1 Å². The number of carbonyl (C=O) groups is 3. The molecule has 0 spiro atoms. The number of hydrogen-bond donors (Lipinski definition) is 1. The Labute approximate surface area is 196 Å². The first-order valence-electron chi connectivity index (χ1n) is 12.4. The minimum atomic E-state index is -0.230. The molecule has 8 heteroatoms. The third-order valence-corrected chi connectivity index (χ3v) is 7.03. The van der Waals surface area contributed by atoms with Crippen LogP contribution < -0.4 is 15.1 Å². The molecule has 0 aromatic heterocycles. The number of fused-ring (bicyclic) bond motifs is 3. The van der Waals surface area contributed by atoms with Crippen molar-refractivity contribution in [2.24, 2.45) is 0 Å². The van der Waals surface area contributed by atoms with Crippen LogP contribution in [0.1, 0.15) is 55.3 Å². The number of likely N-dealkylation sites (tertiary alicyclic amines) is 1. The van der Waals surface area contributed by atoms with Crippen LogP contribution >= 0.6 is 0 Å². The minimum Gasteiger partial charge on any atom is -0.358 e. The number of carbonyl (C=O) groups excluding carboxylic acids is 3. The van der Waals surface area contributed by atoms with Crippen molar-refractivity contribution in [1.29, 1.82) is 0 Å². The van der Waals surface area contributed by atoms with E-state index in [1.807, 2.05) is 12.1 Å². The third-order valence-electron chi connectivity index (χ3n) is 7.03. The summed E-state index contributed by atoms with van der Waals surface area (Å²) in [6.45, 7) is 4.41. The van der Waals surface area contributed by atoms with E-state index < -0.39 is 0 Å². The van der Waals surface area contributed by atoms with E-state index in [1.165, 1.54) is 30.6 Å². The van der Waals surface area contributed by atoms with E-state index in [-0.39, 0.29) is 30.3 Å². The lowest BCUT2D eigenvalue weighted by molar-refractivity contribution is -0.125. The molecular formula is C25H37N5O3. The van der Waals surface area contributed by atoms with E-state index in [4.69, 9.17) is 0 Å². The maximum Gasteiger partial charge on any atom is 0.253 e. The van der Waals surface area contributed by atoms with Gasteiger partial charge in [0.1, 0.15) is 12.6 Å². The highest BCUT2D eigenvalue weighted by atomic mass is 16.2. The van der Waals surface area contributed by atoms with Gasteiger partial charge in [0.25, 0.3) is 5.91 Å². The van der Waals surface area contributed by atoms with Crippen LogP contribution in [-0.2, 0) is 9.59 Å². The van der Waals surface area contributed by atoms with Gasteiger partial charge in [-0.1, -0.05) is 12.8 Å². The fourth-order valence-electron chi connectivity index (χ4n) is 5.22. The van der Waals surface area contributed by atoms with E-state index in [2.05, 4.69) is 15.1 Å². The Balaban J connectivity index is 1.48. The molecule has 33 heavy (non-hydrogen) atoms. The lowest BCUT2D eigenvalue weighted by Gasteiger charge is -2.45. The summed E-state index contributed by atoms with van der Waals surface area (Å²) in [5.41, 5.74) is 2.12.